The van der Waals surface area contributed by atoms with Crippen molar-refractivity contribution in [3.8, 4) is 22.1 Å². The number of alkyl halides is 3. The molecule has 186 valence electrons. The van der Waals surface area contributed by atoms with Crippen LogP contribution in [0.15, 0.2) is 41.9 Å². The number of carbonyl (C=O) groups is 1. The summed E-state index contributed by atoms with van der Waals surface area (Å²) in [6.07, 6.45) is -2.05. The standard InChI is InChI=1S/C21H21N3O3S.C2HF3O2/c1-2-19(28-7-1)16-9-22-20-11-27-21(13-24(16)20)5-6-23(12-21)10-15-3-4-17-18(8-15)26-14-25-17;3-2(4,5)1(6)7/h1-4,7-9H,5-6,10-14H2;(H,6,7). The van der Waals surface area contributed by atoms with E-state index < -0.39 is 12.1 Å². The van der Waals surface area contributed by atoms with E-state index in [1.807, 2.05) is 12.3 Å². The number of rotatable bonds is 3. The molecule has 5 heterocycles. The minimum atomic E-state index is -5.08. The lowest BCUT2D eigenvalue weighted by atomic mass is 10.0. The van der Waals surface area contributed by atoms with Crippen molar-refractivity contribution in [3.05, 3.63) is 53.3 Å². The number of aliphatic carboxylic acids is 1. The number of ether oxygens (including phenoxy) is 3. The van der Waals surface area contributed by atoms with Gasteiger partial charge < -0.3 is 23.9 Å². The van der Waals surface area contributed by atoms with E-state index in [2.05, 4.69) is 44.1 Å². The molecule has 1 aromatic carbocycles. The van der Waals surface area contributed by atoms with Crippen LogP contribution in [0.4, 0.5) is 13.2 Å². The van der Waals surface area contributed by atoms with Gasteiger partial charge in [0.25, 0.3) is 0 Å². The van der Waals surface area contributed by atoms with Gasteiger partial charge in [0, 0.05) is 19.6 Å². The molecule has 1 N–H and O–H groups in total. The molecule has 1 fully saturated rings. The maximum absolute atomic E-state index is 10.6. The van der Waals surface area contributed by atoms with Gasteiger partial charge in [-0.25, -0.2) is 9.78 Å². The van der Waals surface area contributed by atoms with Crippen molar-refractivity contribution in [2.24, 2.45) is 0 Å². The highest BCUT2D eigenvalue weighted by molar-refractivity contribution is 7.13. The molecule has 1 saturated heterocycles. The van der Waals surface area contributed by atoms with Gasteiger partial charge in [0.15, 0.2) is 11.5 Å². The SMILES string of the molecule is O=C(O)C(F)(F)F.c1csc(-c2cnc3n2CC2(CCN(Cc4ccc5c(c4)OCO5)C2)OC3)c1. The summed E-state index contributed by atoms with van der Waals surface area (Å²) in [7, 11) is 0. The first-order chi connectivity index (χ1) is 16.7. The maximum Gasteiger partial charge on any atom is 0.490 e. The number of nitrogens with zero attached hydrogens (tertiary/aromatic N) is 3. The minimum Gasteiger partial charge on any atom is -0.475 e. The molecule has 0 radical (unpaired) electrons. The maximum atomic E-state index is 10.6. The Bertz CT molecular complexity index is 1210. The Hall–Kier alpha value is -3.09. The van der Waals surface area contributed by atoms with Gasteiger partial charge in [0.05, 0.1) is 23.3 Å². The van der Waals surface area contributed by atoms with Crippen molar-refractivity contribution in [1.82, 2.24) is 14.5 Å². The van der Waals surface area contributed by atoms with Crippen LogP contribution < -0.4 is 9.47 Å². The van der Waals surface area contributed by atoms with Gasteiger partial charge in [0.1, 0.15) is 18.0 Å². The van der Waals surface area contributed by atoms with Crippen LogP contribution in [0.5, 0.6) is 11.5 Å². The van der Waals surface area contributed by atoms with E-state index in [0.29, 0.717) is 13.4 Å². The first kappa shape index (κ1) is 23.6. The Labute approximate surface area is 202 Å². The molecule has 0 aliphatic carbocycles. The number of benzene rings is 1. The fourth-order valence-corrected chi connectivity index (χ4v) is 5.23. The van der Waals surface area contributed by atoms with Crippen molar-refractivity contribution in [2.45, 2.75) is 37.9 Å². The number of hydrogen-bond donors (Lipinski definition) is 1. The fraction of sp³-hybridized carbons (Fsp3) is 0.391. The van der Waals surface area contributed by atoms with Crippen LogP contribution in [0, 0.1) is 0 Å². The Morgan fingerprint density at radius 3 is 2.74 bits per heavy atom. The lowest BCUT2D eigenvalue weighted by Crippen LogP contribution is -2.44. The van der Waals surface area contributed by atoms with Gasteiger partial charge in [-0.3, -0.25) is 4.90 Å². The highest BCUT2D eigenvalue weighted by Crippen LogP contribution is 2.37. The molecule has 0 amide bonds. The average molecular weight is 510 g/mol. The van der Waals surface area contributed by atoms with Crippen LogP contribution >= 0.6 is 11.3 Å². The molecular weight excluding hydrogens is 487 g/mol. The van der Waals surface area contributed by atoms with E-state index in [0.717, 1.165) is 49.9 Å². The highest BCUT2D eigenvalue weighted by atomic mass is 32.1. The third-order valence-electron chi connectivity index (χ3n) is 6.15. The Morgan fingerprint density at radius 1 is 1.20 bits per heavy atom. The zero-order chi connectivity index (χ0) is 24.6. The number of carboxylic acids is 1. The second kappa shape index (κ2) is 9.17. The van der Waals surface area contributed by atoms with Gasteiger partial charge in [-0.1, -0.05) is 12.1 Å². The molecule has 1 spiro atoms. The number of carboxylic acid groups (broad SMARTS) is 1. The fourth-order valence-electron chi connectivity index (χ4n) is 4.48. The van der Waals surface area contributed by atoms with Crippen LogP contribution in [-0.2, 0) is 29.2 Å². The predicted octanol–water partition coefficient (Wildman–Crippen LogP) is 4.15. The van der Waals surface area contributed by atoms with E-state index >= 15 is 0 Å². The number of fused-ring (bicyclic) bond motifs is 2. The molecule has 1 unspecified atom stereocenters. The molecule has 0 bridgehead atoms. The number of imidazole rings is 1. The summed E-state index contributed by atoms with van der Waals surface area (Å²) >= 11 is 1.76. The quantitative estimate of drug-likeness (QED) is 0.568. The van der Waals surface area contributed by atoms with Crippen LogP contribution in [0.3, 0.4) is 0 Å². The number of hydrogen-bond acceptors (Lipinski definition) is 7. The topological polar surface area (TPSA) is 86.1 Å². The average Bonchev–Trinajstić information content (AvgIpc) is 3.61. The number of likely N-dealkylation sites (tertiary alicyclic amines) is 1. The zero-order valence-corrected chi connectivity index (χ0v) is 19.3. The molecule has 35 heavy (non-hydrogen) atoms. The normalized spacial score (nSPS) is 21.0. The first-order valence-electron chi connectivity index (χ1n) is 10.9. The summed E-state index contributed by atoms with van der Waals surface area (Å²) in [5, 5.41) is 9.24. The molecule has 1 atom stereocenters. The van der Waals surface area contributed by atoms with Crippen molar-refractivity contribution in [1.29, 1.82) is 0 Å². The largest absolute Gasteiger partial charge is 0.490 e. The van der Waals surface area contributed by atoms with E-state index in [1.165, 1.54) is 16.1 Å². The summed E-state index contributed by atoms with van der Waals surface area (Å²) < 4.78 is 51.4. The van der Waals surface area contributed by atoms with Crippen molar-refractivity contribution < 1.29 is 37.3 Å². The molecule has 0 saturated carbocycles. The molecule has 3 aliphatic heterocycles. The van der Waals surface area contributed by atoms with Crippen LogP contribution in [0.1, 0.15) is 17.8 Å². The van der Waals surface area contributed by atoms with E-state index in [1.54, 1.807) is 11.3 Å². The van der Waals surface area contributed by atoms with Gasteiger partial charge in [-0.2, -0.15) is 13.2 Å². The summed E-state index contributed by atoms with van der Waals surface area (Å²) in [6, 6.07) is 10.5. The Balaban J connectivity index is 0.000000320. The number of halogens is 3. The van der Waals surface area contributed by atoms with Gasteiger partial charge in [-0.05, 0) is 35.6 Å². The minimum absolute atomic E-state index is 0.129. The smallest absolute Gasteiger partial charge is 0.475 e. The lowest BCUT2D eigenvalue weighted by Gasteiger charge is -2.35. The van der Waals surface area contributed by atoms with Gasteiger partial charge in [0.2, 0.25) is 6.79 Å². The molecule has 3 aliphatic rings. The monoisotopic (exact) mass is 509 g/mol. The number of aromatic nitrogens is 2. The number of thiophene rings is 1. The van der Waals surface area contributed by atoms with Gasteiger partial charge in [-0.15, -0.1) is 11.3 Å². The highest BCUT2D eigenvalue weighted by Gasteiger charge is 2.43. The molecule has 6 rings (SSSR count). The Morgan fingerprint density at radius 2 is 2.00 bits per heavy atom. The van der Waals surface area contributed by atoms with E-state index in [9.17, 15) is 13.2 Å². The van der Waals surface area contributed by atoms with Crippen LogP contribution in [-0.4, -0.2) is 57.2 Å². The Kier molecular flexibility index (Phi) is 6.20. The lowest BCUT2D eigenvalue weighted by molar-refractivity contribution is -0.192. The molecule has 3 aromatic rings. The summed E-state index contributed by atoms with van der Waals surface area (Å²) in [4.78, 5) is 17.2. The third kappa shape index (κ3) is 5.00. The molecular formula is C23H22F3N3O5S. The third-order valence-corrected chi connectivity index (χ3v) is 7.04. The zero-order valence-electron chi connectivity index (χ0n) is 18.5. The van der Waals surface area contributed by atoms with Crippen LogP contribution in [0.25, 0.3) is 10.6 Å². The van der Waals surface area contributed by atoms with Crippen LogP contribution in [0.2, 0.25) is 0 Å². The first-order valence-corrected chi connectivity index (χ1v) is 11.7. The van der Waals surface area contributed by atoms with Crippen molar-refractivity contribution in [3.63, 3.8) is 0 Å². The molecule has 2 aromatic heterocycles. The van der Waals surface area contributed by atoms with E-state index in [4.69, 9.17) is 24.1 Å². The van der Waals surface area contributed by atoms with Crippen molar-refractivity contribution in [2.75, 3.05) is 19.9 Å². The van der Waals surface area contributed by atoms with E-state index in [-0.39, 0.29) is 5.60 Å². The van der Waals surface area contributed by atoms with Crippen molar-refractivity contribution >= 4 is 17.3 Å². The second-order valence-electron chi connectivity index (χ2n) is 8.55. The summed E-state index contributed by atoms with van der Waals surface area (Å²) in [5.41, 5.74) is 2.33. The molecule has 12 heteroatoms. The van der Waals surface area contributed by atoms with Gasteiger partial charge >= 0.3 is 12.1 Å². The summed E-state index contributed by atoms with van der Waals surface area (Å²) in [5.74, 6) is -0.0364. The molecule has 8 nitrogen and oxygen atoms in total. The predicted molar refractivity (Wildman–Crippen MR) is 119 cm³/mol. The summed E-state index contributed by atoms with van der Waals surface area (Å²) in [6.45, 7) is 4.64. The second-order valence-corrected chi connectivity index (χ2v) is 9.49.